The zero-order valence-electron chi connectivity index (χ0n) is 14.6. The largest absolute Gasteiger partial charge is 0.320 e. The van der Waals surface area contributed by atoms with Crippen molar-refractivity contribution in [3.8, 4) is 0 Å². The summed E-state index contributed by atoms with van der Waals surface area (Å²) in [7, 11) is -3.51. The molecule has 0 aliphatic rings. The Labute approximate surface area is 153 Å². The first kappa shape index (κ1) is 19.8. The number of anilines is 1. The van der Waals surface area contributed by atoms with Gasteiger partial charge in [0.05, 0.1) is 10.6 Å². The average Bonchev–Trinajstić information content (AvgIpc) is 2.63. The zero-order chi connectivity index (χ0) is 19.2. The van der Waals surface area contributed by atoms with Gasteiger partial charge in [-0.05, 0) is 35.9 Å². The molecule has 0 radical (unpaired) electrons. The molecule has 0 aromatic heterocycles. The van der Waals surface area contributed by atoms with Gasteiger partial charge < -0.3 is 5.32 Å². The number of amides is 1. The Morgan fingerprint density at radius 2 is 1.69 bits per heavy atom. The summed E-state index contributed by atoms with van der Waals surface area (Å²) in [6, 6.07) is 12.1. The Bertz CT molecular complexity index is 889. The molecule has 0 heterocycles. The number of sulfonamides is 1. The summed E-state index contributed by atoms with van der Waals surface area (Å²) >= 11 is 0. The minimum absolute atomic E-state index is 0.0998. The highest BCUT2D eigenvalue weighted by Crippen LogP contribution is 2.17. The van der Waals surface area contributed by atoms with Crippen molar-refractivity contribution in [1.29, 1.82) is 0 Å². The number of benzene rings is 2. The summed E-state index contributed by atoms with van der Waals surface area (Å²) in [5.74, 6) is -0.991. The topological polar surface area (TPSA) is 66.5 Å². The van der Waals surface area contributed by atoms with Gasteiger partial charge in [-0.1, -0.05) is 38.1 Å². The average molecular weight is 376 g/mol. The first-order valence-electron chi connectivity index (χ1n) is 8.22. The predicted octanol–water partition coefficient (Wildman–Crippen LogP) is 3.51. The number of nitrogens with zero attached hydrogens (tertiary/aromatic N) is 1. The van der Waals surface area contributed by atoms with Crippen LogP contribution in [0, 0.1) is 5.82 Å². The highest BCUT2D eigenvalue weighted by atomic mass is 32.2. The van der Waals surface area contributed by atoms with E-state index < -0.39 is 21.7 Å². The van der Waals surface area contributed by atoms with Crippen molar-refractivity contribution < 1.29 is 17.6 Å². The summed E-state index contributed by atoms with van der Waals surface area (Å²) in [5, 5.41) is 2.44. The van der Waals surface area contributed by atoms with E-state index in [1.165, 1.54) is 46.8 Å². The maximum atomic E-state index is 13.5. The molecule has 2 rings (SSSR count). The van der Waals surface area contributed by atoms with Crippen LogP contribution in [0.2, 0.25) is 0 Å². The van der Waals surface area contributed by atoms with Crippen LogP contribution in [0.5, 0.6) is 0 Å². The molecule has 1 N–H and O–H groups in total. The molecule has 0 saturated carbocycles. The van der Waals surface area contributed by atoms with E-state index in [1.807, 2.05) is 0 Å². The number of carbonyl (C=O) groups is 1. The lowest BCUT2D eigenvalue weighted by atomic mass is 10.2. The summed E-state index contributed by atoms with van der Waals surface area (Å²) < 4.78 is 39.7. The highest BCUT2D eigenvalue weighted by molar-refractivity contribution is 7.89. The Morgan fingerprint density at radius 3 is 2.27 bits per heavy atom. The third-order valence-electron chi connectivity index (χ3n) is 3.78. The lowest BCUT2D eigenvalue weighted by molar-refractivity contribution is -0.111. The smallest absolute Gasteiger partial charge is 0.248 e. The second-order valence-electron chi connectivity index (χ2n) is 5.46. The van der Waals surface area contributed by atoms with Crippen molar-refractivity contribution in [3.05, 3.63) is 66.0 Å². The lowest BCUT2D eigenvalue weighted by Gasteiger charge is -2.18. The molecule has 5 nitrogen and oxygen atoms in total. The van der Waals surface area contributed by atoms with Crippen molar-refractivity contribution in [3.63, 3.8) is 0 Å². The summed E-state index contributed by atoms with van der Waals surface area (Å²) in [4.78, 5) is 12.1. The van der Waals surface area contributed by atoms with E-state index in [1.54, 1.807) is 32.0 Å². The molecule has 7 heteroatoms. The van der Waals surface area contributed by atoms with Crippen LogP contribution in [0.3, 0.4) is 0 Å². The standard InChI is InChI=1S/C19H21FN2O3S/c1-3-22(4-2)26(24,25)16-12-9-15(10-13-16)11-14-19(23)21-18-8-6-5-7-17(18)20/h5-14H,3-4H2,1-2H3,(H,21,23)/b14-11+. The van der Waals surface area contributed by atoms with Crippen LogP contribution in [0.1, 0.15) is 19.4 Å². The zero-order valence-corrected chi connectivity index (χ0v) is 15.5. The van der Waals surface area contributed by atoms with Crippen LogP contribution in [0.4, 0.5) is 10.1 Å². The molecule has 138 valence electrons. The summed E-state index contributed by atoms with van der Waals surface area (Å²) in [6.07, 6.45) is 2.80. The van der Waals surface area contributed by atoms with E-state index >= 15 is 0 Å². The molecule has 0 bridgehead atoms. The Balaban J connectivity index is 2.08. The van der Waals surface area contributed by atoms with Gasteiger partial charge in [-0.25, -0.2) is 12.8 Å². The second-order valence-corrected chi connectivity index (χ2v) is 7.40. The maximum Gasteiger partial charge on any atom is 0.248 e. The van der Waals surface area contributed by atoms with Crippen molar-refractivity contribution >= 4 is 27.7 Å². The minimum atomic E-state index is -3.51. The molecule has 0 unspecified atom stereocenters. The first-order valence-corrected chi connectivity index (χ1v) is 9.66. The van der Waals surface area contributed by atoms with Gasteiger partial charge in [0.2, 0.25) is 15.9 Å². The molecular formula is C19H21FN2O3S. The van der Waals surface area contributed by atoms with Crippen LogP contribution in [0.25, 0.3) is 6.08 Å². The number of hydrogen-bond acceptors (Lipinski definition) is 3. The number of nitrogens with one attached hydrogen (secondary N) is 1. The molecular weight excluding hydrogens is 355 g/mol. The number of rotatable bonds is 7. The van der Waals surface area contributed by atoms with Crippen LogP contribution in [-0.4, -0.2) is 31.7 Å². The van der Waals surface area contributed by atoms with E-state index in [-0.39, 0.29) is 10.6 Å². The number of carbonyl (C=O) groups excluding carboxylic acids is 1. The van der Waals surface area contributed by atoms with E-state index in [0.29, 0.717) is 18.7 Å². The molecule has 2 aromatic rings. The molecule has 1 amide bonds. The Morgan fingerprint density at radius 1 is 1.08 bits per heavy atom. The van der Waals surface area contributed by atoms with E-state index in [4.69, 9.17) is 0 Å². The van der Waals surface area contributed by atoms with Gasteiger partial charge in [0.15, 0.2) is 0 Å². The highest BCUT2D eigenvalue weighted by Gasteiger charge is 2.20. The monoisotopic (exact) mass is 376 g/mol. The van der Waals surface area contributed by atoms with Gasteiger partial charge in [0.25, 0.3) is 0 Å². The van der Waals surface area contributed by atoms with Gasteiger partial charge in [-0.2, -0.15) is 4.31 Å². The SMILES string of the molecule is CCN(CC)S(=O)(=O)c1ccc(/C=C/C(=O)Nc2ccccc2F)cc1. The molecule has 0 aliphatic carbocycles. The van der Waals surface area contributed by atoms with Crippen LogP contribution >= 0.6 is 0 Å². The van der Waals surface area contributed by atoms with Crippen molar-refractivity contribution in [1.82, 2.24) is 4.31 Å². The normalized spacial score (nSPS) is 11.8. The minimum Gasteiger partial charge on any atom is -0.320 e. The van der Waals surface area contributed by atoms with Crippen LogP contribution < -0.4 is 5.32 Å². The molecule has 0 atom stereocenters. The van der Waals surface area contributed by atoms with Crippen molar-refractivity contribution in [2.24, 2.45) is 0 Å². The van der Waals surface area contributed by atoms with Crippen LogP contribution in [-0.2, 0) is 14.8 Å². The molecule has 26 heavy (non-hydrogen) atoms. The molecule has 0 fully saturated rings. The third-order valence-corrected chi connectivity index (χ3v) is 5.85. The maximum absolute atomic E-state index is 13.5. The lowest BCUT2D eigenvalue weighted by Crippen LogP contribution is -2.30. The van der Waals surface area contributed by atoms with Crippen LogP contribution in [0.15, 0.2) is 59.5 Å². The fourth-order valence-corrected chi connectivity index (χ4v) is 3.83. The van der Waals surface area contributed by atoms with Gasteiger partial charge >= 0.3 is 0 Å². The quantitative estimate of drug-likeness (QED) is 0.752. The van der Waals surface area contributed by atoms with Gasteiger partial charge in [0, 0.05) is 19.2 Å². The molecule has 0 saturated heterocycles. The molecule has 0 spiro atoms. The predicted molar refractivity (Wildman–Crippen MR) is 101 cm³/mol. The summed E-state index contributed by atoms with van der Waals surface area (Å²) in [6.45, 7) is 4.37. The number of para-hydroxylation sites is 1. The number of halogens is 1. The van der Waals surface area contributed by atoms with Crippen molar-refractivity contribution in [2.75, 3.05) is 18.4 Å². The summed E-state index contributed by atoms with van der Waals surface area (Å²) in [5.41, 5.74) is 0.759. The van der Waals surface area contributed by atoms with Crippen molar-refractivity contribution in [2.45, 2.75) is 18.7 Å². The second kappa shape index (κ2) is 8.73. The molecule has 0 aliphatic heterocycles. The fourth-order valence-electron chi connectivity index (χ4n) is 2.37. The third kappa shape index (κ3) is 4.77. The van der Waals surface area contributed by atoms with E-state index in [0.717, 1.165) is 0 Å². The van der Waals surface area contributed by atoms with Gasteiger partial charge in [0.1, 0.15) is 5.82 Å². The fraction of sp³-hybridized carbons (Fsp3) is 0.211. The Hall–Kier alpha value is -2.51. The van der Waals surface area contributed by atoms with E-state index in [9.17, 15) is 17.6 Å². The number of hydrogen-bond donors (Lipinski definition) is 1. The van der Waals surface area contributed by atoms with E-state index in [2.05, 4.69) is 5.32 Å². The molecule has 2 aromatic carbocycles. The van der Waals surface area contributed by atoms with Gasteiger partial charge in [-0.15, -0.1) is 0 Å². The first-order chi connectivity index (χ1) is 12.4. The Kier molecular flexibility index (Phi) is 6.65. The van der Waals surface area contributed by atoms with Gasteiger partial charge in [-0.3, -0.25) is 4.79 Å².